The first-order valence-corrected chi connectivity index (χ1v) is 8.85. The third kappa shape index (κ3) is 5.87. The van der Waals surface area contributed by atoms with Crippen LogP contribution in [0.4, 0.5) is 0 Å². The number of ether oxygens (including phenoxy) is 2. The second kappa shape index (κ2) is 9.08. The molecule has 28 heavy (non-hydrogen) atoms. The van der Waals surface area contributed by atoms with Crippen LogP contribution in [0.3, 0.4) is 0 Å². The summed E-state index contributed by atoms with van der Waals surface area (Å²) in [5.74, 6) is 0.393. The molecule has 6 heteroatoms. The number of carbonyl (C=O) groups is 2. The van der Waals surface area contributed by atoms with Crippen molar-refractivity contribution >= 4 is 17.9 Å². The first-order valence-electron chi connectivity index (χ1n) is 8.85. The lowest BCUT2D eigenvalue weighted by Crippen LogP contribution is -2.40. The molecule has 2 aromatic carbocycles. The number of carbonyl (C=O) groups excluding carboxylic acids is 2. The molecule has 0 aliphatic heterocycles. The Hall–Kier alpha value is -3.28. The van der Waals surface area contributed by atoms with Gasteiger partial charge in [0, 0.05) is 17.7 Å². The van der Waals surface area contributed by atoms with E-state index in [0.717, 1.165) is 11.1 Å². The van der Waals surface area contributed by atoms with Crippen molar-refractivity contribution in [2.24, 2.45) is 0 Å². The molecule has 2 rings (SSSR count). The normalized spacial score (nSPS) is 11.2. The fraction of sp³-hybridized carbons (Fsp3) is 0.273. The van der Waals surface area contributed by atoms with Gasteiger partial charge in [-0.05, 0) is 46.9 Å². The smallest absolute Gasteiger partial charge is 0.269 e. The molecule has 0 aliphatic carbocycles. The Bertz CT molecular complexity index is 843. The summed E-state index contributed by atoms with van der Waals surface area (Å²) in [4.78, 5) is 24.1. The Labute approximate surface area is 165 Å². The van der Waals surface area contributed by atoms with E-state index in [1.165, 1.54) is 6.08 Å². The molecule has 0 unspecified atom stereocenters. The largest absolute Gasteiger partial charge is 0.497 e. The van der Waals surface area contributed by atoms with Gasteiger partial charge in [-0.2, -0.15) is 0 Å². The number of rotatable bonds is 5. The minimum Gasteiger partial charge on any atom is -0.497 e. The second-order valence-electron chi connectivity index (χ2n) is 7.25. The molecule has 0 bridgehead atoms. The summed E-state index contributed by atoms with van der Waals surface area (Å²) in [6.07, 6.45) is 2.92. The maximum atomic E-state index is 12.2. The Balaban J connectivity index is 1.95. The van der Waals surface area contributed by atoms with Gasteiger partial charge < -0.3 is 9.47 Å². The molecular formula is C22H26N2O4. The zero-order valence-electron chi connectivity index (χ0n) is 16.8. The van der Waals surface area contributed by atoms with E-state index in [-0.39, 0.29) is 11.3 Å². The quantitative estimate of drug-likeness (QED) is 0.613. The highest BCUT2D eigenvalue weighted by molar-refractivity contribution is 5.98. The fourth-order valence-electron chi connectivity index (χ4n) is 2.45. The average Bonchev–Trinajstić information content (AvgIpc) is 2.69. The maximum Gasteiger partial charge on any atom is 0.269 e. The number of hydrogen-bond donors (Lipinski definition) is 2. The number of amides is 2. The second-order valence-corrected chi connectivity index (χ2v) is 7.25. The monoisotopic (exact) mass is 382 g/mol. The number of hydrogen-bond acceptors (Lipinski definition) is 4. The molecule has 6 nitrogen and oxygen atoms in total. The molecule has 2 aromatic rings. The summed E-state index contributed by atoms with van der Waals surface area (Å²) in [5, 5.41) is 0. The van der Waals surface area contributed by atoms with E-state index in [1.54, 1.807) is 50.6 Å². The van der Waals surface area contributed by atoms with Crippen molar-refractivity contribution in [1.29, 1.82) is 0 Å². The van der Waals surface area contributed by atoms with Gasteiger partial charge in [0.1, 0.15) is 11.5 Å². The lowest BCUT2D eigenvalue weighted by molar-refractivity contribution is -0.117. The molecule has 2 amide bonds. The number of hydrazine groups is 1. The molecule has 0 spiro atoms. The predicted molar refractivity (Wildman–Crippen MR) is 109 cm³/mol. The summed E-state index contributed by atoms with van der Waals surface area (Å²) < 4.78 is 10.4. The van der Waals surface area contributed by atoms with Crippen LogP contribution in [0.5, 0.6) is 11.5 Å². The van der Waals surface area contributed by atoms with E-state index >= 15 is 0 Å². The zero-order valence-corrected chi connectivity index (χ0v) is 16.8. The van der Waals surface area contributed by atoms with E-state index in [0.29, 0.717) is 17.1 Å². The van der Waals surface area contributed by atoms with E-state index in [9.17, 15) is 9.59 Å². The SMILES string of the molecule is COc1cc(/C=C/C(=O)NNC(=O)c2ccc(C(C)(C)C)cc2)cc(OC)c1. The van der Waals surface area contributed by atoms with Gasteiger partial charge >= 0.3 is 0 Å². The standard InChI is InChI=1S/C22H26N2O4/c1-22(2,3)17-9-7-16(8-10-17)21(26)24-23-20(25)11-6-15-12-18(27-4)14-19(13-15)28-5/h6-14H,1-5H3,(H,23,25)(H,24,26)/b11-6+. The Kier molecular flexibility index (Phi) is 6.82. The minimum absolute atomic E-state index is 0.0107. The van der Waals surface area contributed by atoms with Crippen LogP contribution in [0.15, 0.2) is 48.5 Å². The van der Waals surface area contributed by atoms with E-state index in [2.05, 4.69) is 31.6 Å². The number of nitrogens with one attached hydrogen (secondary N) is 2. The highest BCUT2D eigenvalue weighted by Crippen LogP contribution is 2.23. The Morgan fingerprint density at radius 1 is 0.893 bits per heavy atom. The highest BCUT2D eigenvalue weighted by atomic mass is 16.5. The van der Waals surface area contributed by atoms with Crippen LogP contribution in [0.25, 0.3) is 6.08 Å². The van der Waals surface area contributed by atoms with Gasteiger partial charge in [0.25, 0.3) is 11.8 Å². The highest BCUT2D eigenvalue weighted by Gasteiger charge is 2.14. The zero-order chi connectivity index (χ0) is 20.7. The van der Waals surface area contributed by atoms with Crippen molar-refractivity contribution in [2.75, 3.05) is 14.2 Å². The summed E-state index contributed by atoms with van der Waals surface area (Å²) >= 11 is 0. The maximum absolute atomic E-state index is 12.2. The van der Waals surface area contributed by atoms with Crippen molar-refractivity contribution in [3.05, 3.63) is 65.2 Å². The van der Waals surface area contributed by atoms with Gasteiger partial charge in [-0.3, -0.25) is 20.4 Å². The lowest BCUT2D eigenvalue weighted by Gasteiger charge is -2.19. The van der Waals surface area contributed by atoms with Crippen molar-refractivity contribution in [1.82, 2.24) is 10.9 Å². The van der Waals surface area contributed by atoms with Crippen LogP contribution in [-0.2, 0) is 10.2 Å². The summed E-state index contributed by atoms with van der Waals surface area (Å²) in [5.41, 5.74) is 7.10. The molecule has 0 aromatic heterocycles. The number of methoxy groups -OCH3 is 2. The fourth-order valence-corrected chi connectivity index (χ4v) is 2.45. The predicted octanol–water partition coefficient (Wildman–Crippen LogP) is 3.48. The van der Waals surface area contributed by atoms with Crippen LogP contribution in [0.2, 0.25) is 0 Å². The number of benzene rings is 2. The summed E-state index contributed by atoms with van der Waals surface area (Å²) in [7, 11) is 3.11. The molecule has 0 radical (unpaired) electrons. The molecule has 2 N–H and O–H groups in total. The van der Waals surface area contributed by atoms with Crippen LogP contribution in [-0.4, -0.2) is 26.0 Å². The molecule has 0 aliphatic rings. The third-order valence-corrected chi connectivity index (χ3v) is 4.11. The molecular weight excluding hydrogens is 356 g/mol. The first-order chi connectivity index (χ1) is 13.2. The topological polar surface area (TPSA) is 76.7 Å². The van der Waals surface area contributed by atoms with E-state index in [1.807, 2.05) is 12.1 Å². The van der Waals surface area contributed by atoms with E-state index < -0.39 is 5.91 Å². The van der Waals surface area contributed by atoms with Crippen LogP contribution >= 0.6 is 0 Å². The summed E-state index contributed by atoms with van der Waals surface area (Å²) in [6, 6.07) is 12.6. The summed E-state index contributed by atoms with van der Waals surface area (Å²) in [6.45, 7) is 6.31. The van der Waals surface area contributed by atoms with Crippen LogP contribution < -0.4 is 20.3 Å². The minimum atomic E-state index is -0.457. The van der Waals surface area contributed by atoms with Crippen molar-refractivity contribution < 1.29 is 19.1 Å². The first kappa shape index (κ1) is 21.0. The van der Waals surface area contributed by atoms with Gasteiger partial charge in [0.05, 0.1) is 14.2 Å². The van der Waals surface area contributed by atoms with Gasteiger partial charge in [-0.1, -0.05) is 32.9 Å². The molecule has 148 valence electrons. The van der Waals surface area contributed by atoms with Crippen LogP contribution in [0, 0.1) is 0 Å². The van der Waals surface area contributed by atoms with Crippen molar-refractivity contribution in [3.8, 4) is 11.5 Å². The van der Waals surface area contributed by atoms with Gasteiger partial charge in [-0.25, -0.2) is 0 Å². The molecule has 0 fully saturated rings. The lowest BCUT2D eigenvalue weighted by atomic mass is 9.87. The van der Waals surface area contributed by atoms with Gasteiger partial charge in [0.2, 0.25) is 0 Å². The van der Waals surface area contributed by atoms with Crippen LogP contribution in [0.1, 0.15) is 42.3 Å². The molecule has 0 atom stereocenters. The molecule has 0 saturated carbocycles. The molecule has 0 saturated heterocycles. The van der Waals surface area contributed by atoms with E-state index in [4.69, 9.17) is 9.47 Å². The molecule has 0 heterocycles. The third-order valence-electron chi connectivity index (χ3n) is 4.11. The Morgan fingerprint density at radius 2 is 1.46 bits per heavy atom. The Morgan fingerprint density at radius 3 is 1.96 bits per heavy atom. The van der Waals surface area contributed by atoms with Crippen molar-refractivity contribution in [3.63, 3.8) is 0 Å². The van der Waals surface area contributed by atoms with Crippen molar-refractivity contribution in [2.45, 2.75) is 26.2 Å². The average molecular weight is 382 g/mol. The van der Waals surface area contributed by atoms with Gasteiger partial charge in [0.15, 0.2) is 0 Å². The van der Waals surface area contributed by atoms with Gasteiger partial charge in [-0.15, -0.1) is 0 Å².